The summed E-state index contributed by atoms with van der Waals surface area (Å²) in [7, 11) is 0. The molecule has 0 bridgehead atoms. The highest BCUT2D eigenvalue weighted by atomic mass is 35.5. The number of amides is 3. The first-order valence-electron chi connectivity index (χ1n) is 10.8. The van der Waals surface area contributed by atoms with Crippen LogP contribution in [0.5, 0.6) is 5.75 Å². The van der Waals surface area contributed by atoms with Crippen molar-refractivity contribution in [3.05, 3.63) is 93.0 Å². The number of esters is 1. The van der Waals surface area contributed by atoms with Crippen LogP contribution in [-0.4, -0.2) is 35.2 Å². The van der Waals surface area contributed by atoms with Gasteiger partial charge in [0.15, 0.2) is 0 Å². The predicted molar refractivity (Wildman–Crippen MR) is 128 cm³/mol. The van der Waals surface area contributed by atoms with Gasteiger partial charge < -0.3 is 9.64 Å². The van der Waals surface area contributed by atoms with Gasteiger partial charge in [-0.25, -0.2) is 4.90 Å². The summed E-state index contributed by atoms with van der Waals surface area (Å²) in [4.78, 5) is 64.0. The van der Waals surface area contributed by atoms with Crippen LogP contribution in [0.1, 0.15) is 27.1 Å². The molecule has 0 unspecified atom stereocenters. The van der Waals surface area contributed by atoms with E-state index < -0.39 is 34.3 Å². The second-order valence-electron chi connectivity index (χ2n) is 8.20. The molecule has 3 amide bonds. The van der Waals surface area contributed by atoms with E-state index in [0.717, 1.165) is 11.0 Å². The molecule has 0 N–H and O–H groups in total. The Morgan fingerprint density at radius 2 is 1.69 bits per heavy atom. The molecule has 10 nitrogen and oxygen atoms in total. The highest BCUT2D eigenvalue weighted by Gasteiger charge is 2.42. The summed E-state index contributed by atoms with van der Waals surface area (Å²) in [6, 6.07) is 16.2. The SMILES string of the molecule is O=C(Oc1cccc(N2C(=O)c3cccc([N+](=O)[O-])c3C2=O)c1)[C@@H]1CC(=O)N(c2ccc(Cl)cc2)C1. The van der Waals surface area contributed by atoms with Crippen LogP contribution in [0.2, 0.25) is 5.02 Å². The normalized spacial score (nSPS) is 16.9. The Morgan fingerprint density at radius 1 is 0.972 bits per heavy atom. The van der Waals surface area contributed by atoms with Gasteiger partial charge in [-0.15, -0.1) is 0 Å². The number of halogens is 1. The van der Waals surface area contributed by atoms with Crippen LogP contribution in [0.3, 0.4) is 0 Å². The van der Waals surface area contributed by atoms with Crippen molar-refractivity contribution in [1.29, 1.82) is 0 Å². The smallest absolute Gasteiger partial charge is 0.316 e. The Hall–Kier alpha value is -4.57. The highest BCUT2D eigenvalue weighted by Crippen LogP contribution is 2.35. The second-order valence-corrected chi connectivity index (χ2v) is 8.64. The average Bonchev–Trinajstić information content (AvgIpc) is 3.37. The number of hydrogen-bond acceptors (Lipinski definition) is 7. The third-order valence-corrected chi connectivity index (χ3v) is 6.23. The largest absolute Gasteiger partial charge is 0.426 e. The van der Waals surface area contributed by atoms with Crippen molar-refractivity contribution in [2.24, 2.45) is 5.92 Å². The third-order valence-electron chi connectivity index (χ3n) is 5.98. The molecule has 0 aliphatic carbocycles. The van der Waals surface area contributed by atoms with E-state index in [1.54, 1.807) is 24.3 Å². The summed E-state index contributed by atoms with van der Waals surface area (Å²) < 4.78 is 5.46. The highest BCUT2D eigenvalue weighted by molar-refractivity contribution is 6.35. The van der Waals surface area contributed by atoms with Gasteiger partial charge in [0.2, 0.25) is 5.91 Å². The van der Waals surface area contributed by atoms with Gasteiger partial charge >= 0.3 is 5.97 Å². The van der Waals surface area contributed by atoms with Crippen LogP contribution in [0.15, 0.2) is 66.7 Å². The number of benzene rings is 3. The molecular formula is C25H16ClN3O7. The fraction of sp³-hybridized carbons (Fsp3) is 0.120. The molecular weight excluding hydrogens is 490 g/mol. The zero-order valence-electron chi connectivity index (χ0n) is 18.4. The maximum absolute atomic E-state index is 12.9. The maximum atomic E-state index is 12.9. The second kappa shape index (κ2) is 8.90. The minimum Gasteiger partial charge on any atom is -0.426 e. The van der Waals surface area contributed by atoms with Crippen LogP contribution in [0.25, 0.3) is 0 Å². The predicted octanol–water partition coefficient (Wildman–Crippen LogP) is 4.01. The molecule has 0 aromatic heterocycles. The molecule has 1 saturated heterocycles. The number of fused-ring (bicyclic) bond motifs is 1. The lowest BCUT2D eigenvalue weighted by Gasteiger charge is -2.17. The van der Waals surface area contributed by atoms with Crippen molar-refractivity contribution in [2.75, 3.05) is 16.3 Å². The number of nitrogens with zero attached hydrogens (tertiary/aromatic N) is 3. The molecule has 2 aliphatic heterocycles. The Balaban J connectivity index is 1.34. The minimum atomic E-state index is -0.842. The topological polar surface area (TPSA) is 127 Å². The standard InChI is InChI=1S/C25H16ClN3O7/c26-15-7-9-16(10-8-15)27-13-14(11-21(27)30)25(33)36-18-4-1-3-17(12-18)28-23(31)19-5-2-6-20(29(34)35)22(19)24(28)32/h1-10,12,14H,11,13H2/t14-/m1/s1. The Bertz CT molecular complexity index is 1450. The van der Waals surface area contributed by atoms with Crippen molar-refractivity contribution in [3.8, 4) is 5.75 Å². The van der Waals surface area contributed by atoms with Crippen LogP contribution >= 0.6 is 11.6 Å². The summed E-state index contributed by atoms with van der Waals surface area (Å²) in [6.07, 6.45) is -0.0385. The number of ether oxygens (including phenoxy) is 1. The number of anilines is 2. The molecule has 0 radical (unpaired) electrons. The first-order valence-corrected chi connectivity index (χ1v) is 11.2. The van der Waals surface area contributed by atoms with Gasteiger partial charge in [-0.3, -0.25) is 29.3 Å². The first kappa shape index (κ1) is 23.2. The van der Waals surface area contributed by atoms with Crippen LogP contribution in [0, 0.1) is 16.0 Å². The maximum Gasteiger partial charge on any atom is 0.316 e. The van der Waals surface area contributed by atoms with Gasteiger partial charge in [-0.05, 0) is 42.5 Å². The van der Waals surface area contributed by atoms with E-state index in [4.69, 9.17) is 16.3 Å². The molecule has 1 fully saturated rings. The van der Waals surface area contributed by atoms with Crippen molar-refractivity contribution < 1.29 is 28.8 Å². The number of rotatable bonds is 5. The monoisotopic (exact) mass is 505 g/mol. The van der Waals surface area contributed by atoms with Crippen LogP contribution in [-0.2, 0) is 9.59 Å². The van der Waals surface area contributed by atoms with Gasteiger partial charge in [-0.2, -0.15) is 0 Å². The van der Waals surface area contributed by atoms with Crippen molar-refractivity contribution in [2.45, 2.75) is 6.42 Å². The third kappa shape index (κ3) is 3.97. The molecule has 2 aliphatic rings. The summed E-state index contributed by atoms with van der Waals surface area (Å²) >= 11 is 5.90. The first-order chi connectivity index (χ1) is 17.2. The van der Waals surface area contributed by atoms with Gasteiger partial charge in [0.25, 0.3) is 17.5 Å². The molecule has 5 rings (SSSR count). The van der Waals surface area contributed by atoms with Gasteiger partial charge in [0.1, 0.15) is 11.3 Å². The number of carbonyl (C=O) groups excluding carboxylic acids is 4. The van der Waals surface area contributed by atoms with Crippen molar-refractivity contribution in [3.63, 3.8) is 0 Å². The van der Waals surface area contributed by atoms with Gasteiger partial charge in [0, 0.05) is 35.8 Å². The zero-order chi connectivity index (χ0) is 25.6. The summed E-state index contributed by atoms with van der Waals surface area (Å²) in [5.74, 6) is -3.11. The van der Waals surface area contributed by atoms with E-state index >= 15 is 0 Å². The molecule has 2 heterocycles. The number of nitro groups is 1. The fourth-order valence-electron chi connectivity index (χ4n) is 4.28. The van der Waals surface area contributed by atoms with Gasteiger partial charge in [0.05, 0.1) is 22.1 Å². The molecule has 3 aromatic rings. The summed E-state index contributed by atoms with van der Waals surface area (Å²) in [6.45, 7) is 0.126. The molecule has 36 heavy (non-hydrogen) atoms. The number of carbonyl (C=O) groups is 4. The molecule has 1 atom stereocenters. The van der Waals surface area contributed by atoms with E-state index in [1.807, 2.05) is 0 Å². The lowest BCUT2D eigenvalue weighted by molar-refractivity contribution is -0.385. The molecule has 3 aromatic carbocycles. The number of imide groups is 1. The Kier molecular flexibility index (Phi) is 5.73. The van der Waals surface area contributed by atoms with Crippen LogP contribution < -0.4 is 14.5 Å². The van der Waals surface area contributed by atoms with E-state index in [2.05, 4.69) is 0 Å². The zero-order valence-corrected chi connectivity index (χ0v) is 19.2. The quantitative estimate of drug-likeness (QED) is 0.168. The van der Waals surface area contributed by atoms with Crippen molar-refractivity contribution >= 4 is 52.4 Å². The lowest BCUT2D eigenvalue weighted by Crippen LogP contribution is -2.29. The molecule has 0 saturated carbocycles. The fourth-order valence-corrected chi connectivity index (χ4v) is 4.40. The summed E-state index contributed by atoms with van der Waals surface area (Å²) in [5.41, 5.74) is -0.135. The number of hydrogen-bond donors (Lipinski definition) is 0. The van der Waals surface area contributed by atoms with E-state index in [-0.39, 0.29) is 41.4 Å². The summed E-state index contributed by atoms with van der Waals surface area (Å²) in [5, 5.41) is 11.9. The van der Waals surface area contributed by atoms with Crippen LogP contribution in [0.4, 0.5) is 17.1 Å². The minimum absolute atomic E-state index is 0.0385. The Morgan fingerprint density at radius 3 is 2.42 bits per heavy atom. The van der Waals surface area contributed by atoms with Crippen molar-refractivity contribution in [1.82, 2.24) is 0 Å². The number of nitro benzene ring substituents is 1. The van der Waals surface area contributed by atoms with E-state index in [0.29, 0.717) is 10.7 Å². The molecule has 180 valence electrons. The van der Waals surface area contributed by atoms with E-state index in [1.165, 1.54) is 41.3 Å². The molecule has 0 spiro atoms. The average molecular weight is 506 g/mol. The van der Waals surface area contributed by atoms with E-state index in [9.17, 15) is 29.3 Å². The lowest BCUT2D eigenvalue weighted by atomic mass is 10.1. The van der Waals surface area contributed by atoms with Gasteiger partial charge in [-0.1, -0.05) is 23.7 Å². The Labute approximate surface area is 208 Å². The molecule has 11 heteroatoms.